The van der Waals surface area contributed by atoms with Gasteiger partial charge in [-0.3, -0.25) is 4.79 Å². The predicted octanol–water partition coefficient (Wildman–Crippen LogP) is 2.53. The Kier molecular flexibility index (Phi) is 2.87. The third kappa shape index (κ3) is 2.15. The molecular formula is C12H14N2O2S. The molecule has 0 radical (unpaired) electrons. The molecule has 0 saturated carbocycles. The minimum Gasteiger partial charge on any atom is -0.480 e. The van der Waals surface area contributed by atoms with Gasteiger partial charge in [0.25, 0.3) is 0 Å². The number of aromatic nitrogens is 2. The van der Waals surface area contributed by atoms with Gasteiger partial charge in [-0.2, -0.15) is 0 Å². The van der Waals surface area contributed by atoms with E-state index in [0.717, 1.165) is 16.2 Å². The Morgan fingerprint density at radius 3 is 2.65 bits per heavy atom. The standard InChI is InChI=1S/C12H14N2O2S/c1-12(2,10(15)16)17-11-13-8-6-4-5-7-9(8)14(11)3/h4-7H,1-3H3,(H,15,16). The molecule has 0 aliphatic heterocycles. The zero-order chi connectivity index (χ0) is 12.6. The van der Waals surface area contributed by atoms with Crippen molar-refractivity contribution in [3.63, 3.8) is 0 Å². The molecule has 0 unspecified atom stereocenters. The van der Waals surface area contributed by atoms with E-state index in [2.05, 4.69) is 4.98 Å². The zero-order valence-corrected chi connectivity index (χ0v) is 10.8. The lowest BCUT2D eigenvalue weighted by Crippen LogP contribution is -2.27. The van der Waals surface area contributed by atoms with Crippen molar-refractivity contribution in [2.45, 2.75) is 23.8 Å². The molecule has 0 fully saturated rings. The van der Waals surface area contributed by atoms with Crippen LogP contribution in [0.25, 0.3) is 11.0 Å². The third-order valence-corrected chi connectivity index (χ3v) is 3.84. The van der Waals surface area contributed by atoms with Gasteiger partial charge in [-0.05, 0) is 26.0 Å². The number of aryl methyl sites for hydroxylation is 1. The fourth-order valence-electron chi connectivity index (χ4n) is 1.49. The summed E-state index contributed by atoms with van der Waals surface area (Å²) in [7, 11) is 1.90. The predicted molar refractivity (Wildman–Crippen MR) is 68.3 cm³/mol. The molecule has 1 aromatic carbocycles. The second kappa shape index (κ2) is 4.07. The summed E-state index contributed by atoms with van der Waals surface area (Å²) in [4.78, 5) is 15.5. The Bertz CT molecular complexity index is 575. The summed E-state index contributed by atoms with van der Waals surface area (Å²) < 4.78 is 1.04. The zero-order valence-electron chi connectivity index (χ0n) is 9.97. The van der Waals surface area contributed by atoms with Crippen LogP contribution in [0, 0.1) is 0 Å². The van der Waals surface area contributed by atoms with Crippen molar-refractivity contribution in [2.75, 3.05) is 0 Å². The summed E-state index contributed by atoms with van der Waals surface area (Å²) in [5.41, 5.74) is 1.90. The van der Waals surface area contributed by atoms with Crippen molar-refractivity contribution >= 4 is 28.8 Å². The van der Waals surface area contributed by atoms with E-state index in [9.17, 15) is 4.79 Å². The molecule has 0 bridgehead atoms. The van der Waals surface area contributed by atoms with E-state index >= 15 is 0 Å². The first kappa shape index (κ1) is 12.0. The number of thioether (sulfide) groups is 1. The van der Waals surface area contributed by atoms with E-state index in [1.54, 1.807) is 13.8 Å². The molecule has 17 heavy (non-hydrogen) atoms. The molecule has 0 saturated heterocycles. The number of carboxylic acid groups (broad SMARTS) is 1. The molecular weight excluding hydrogens is 236 g/mol. The number of benzene rings is 1. The van der Waals surface area contributed by atoms with E-state index in [-0.39, 0.29) is 0 Å². The summed E-state index contributed by atoms with van der Waals surface area (Å²) in [6, 6.07) is 7.76. The topological polar surface area (TPSA) is 55.1 Å². The Morgan fingerprint density at radius 2 is 2.06 bits per heavy atom. The van der Waals surface area contributed by atoms with Gasteiger partial charge in [0, 0.05) is 7.05 Å². The van der Waals surface area contributed by atoms with Crippen LogP contribution >= 0.6 is 11.8 Å². The Morgan fingerprint density at radius 1 is 1.41 bits per heavy atom. The Labute approximate surface area is 104 Å². The second-order valence-corrected chi connectivity index (χ2v) is 5.95. The van der Waals surface area contributed by atoms with Crippen LogP contribution in [-0.4, -0.2) is 25.4 Å². The smallest absolute Gasteiger partial charge is 0.319 e. The third-order valence-electron chi connectivity index (χ3n) is 2.61. The average Bonchev–Trinajstić information content (AvgIpc) is 2.56. The second-order valence-electron chi connectivity index (χ2n) is 4.36. The minimum atomic E-state index is -0.880. The van der Waals surface area contributed by atoms with Crippen molar-refractivity contribution in [3.05, 3.63) is 24.3 Å². The molecule has 1 aromatic heterocycles. The molecule has 1 heterocycles. The van der Waals surface area contributed by atoms with Crippen LogP contribution in [0.4, 0.5) is 0 Å². The molecule has 0 amide bonds. The summed E-state index contributed by atoms with van der Waals surface area (Å²) in [6.45, 7) is 3.36. The quantitative estimate of drug-likeness (QED) is 0.850. The molecule has 1 N–H and O–H groups in total. The van der Waals surface area contributed by atoms with E-state index in [0.29, 0.717) is 0 Å². The summed E-state index contributed by atoms with van der Waals surface area (Å²) >= 11 is 1.26. The molecule has 5 heteroatoms. The van der Waals surface area contributed by atoms with Gasteiger partial charge in [0.1, 0.15) is 4.75 Å². The highest BCUT2D eigenvalue weighted by molar-refractivity contribution is 8.01. The Balaban J connectivity index is 2.43. The van der Waals surface area contributed by atoms with Crippen LogP contribution in [-0.2, 0) is 11.8 Å². The molecule has 0 aliphatic rings. The number of hydrogen-bond donors (Lipinski definition) is 1. The summed E-state index contributed by atoms with van der Waals surface area (Å²) in [6.07, 6.45) is 0. The van der Waals surface area contributed by atoms with Gasteiger partial charge in [-0.15, -0.1) is 0 Å². The van der Waals surface area contributed by atoms with Crippen molar-refractivity contribution in [2.24, 2.45) is 7.05 Å². The van der Waals surface area contributed by atoms with Gasteiger partial charge in [0.2, 0.25) is 0 Å². The first-order valence-electron chi connectivity index (χ1n) is 5.25. The van der Waals surface area contributed by atoms with Crippen molar-refractivity contribution < 1.29 is 9.90 Å². The lowest BCUT2D eigenvalue weighted by molar-refractivity contribution is -0.138. The minimum absolute atomic E-state index is 0.721. The van der Waals surface area contributed by atoms with E-state index in [1.807, 2.05) is 35.9 Å². The largest absolute Gasteiger partial charge is 0.480 e. The number of rotatable bonds is 3. The maximum atomic E-state index is 11.1. The van der Waals surface area contributed by atoms with Gasteiger partial charge < -0.3 is 9.67 Å². The van der Waals surface area contributed by atoms with E-state index < -0.39 is 10.7 Å². The van der Waals surface area contributed by atoms with E-state index in [4.69, 9.17) is 5.11 Å². The van der Waals surface area contributed by atoms with E-state index in [1.165, 1.54) is 11.8 Å². The highest BCUT2D eigenvalue weighted by Gasteiger charge is 2.30. The number of nitrogens with zero attached hydrogens (tertiary/aromatic N) is 2. The first-order chi connectivity index (χ1) is 7.92. The van der Waals surface area contributed by atoms with Crippen LogP contribution in [0.1, 0.15) is 13.8 Å². The van der Waals surface area contributed by atoms with Crippen molar-refractivity contribution in [3.8, 4) is 0 Å². The number of fused-ring (bicyclic) bond motifs is 1. The van der Waals surface area contributed by atoms with Crippen molar-refractivity contribution in [1.29, 1.82) is 0 Å². The van der Waals surface area contributed by atoms with Crippen LogP contribution in [0.15, 0.2) is 29.4 Å². The van der Waals surface area contributed by atoms with Crippen molar-refractivity contribution in [1.82, 2.24) is 9.55 Å². The highest BCUT2D eigenvalue weighted by atomic mass is 32.2. The van der Waals surface area contributed by atoms with Crippen LogP contribution in [0.3, 0.4) is 0 Å². The number of carboxylic acids is 1. The van der Waals surface area contributed by atoms with Crippen LogP contribution in [0.2, 0.25) is 0 Å². The number of carbonyl (C=O) groups is 1. The van der Waals surface area contributed by atoms with Gasteiger partial charge in [0.05, 0.1) is 11.0 Å². The fraction of sp³-hybridized carbons (Fsp3) is 0.333. The SMILES string of the molecule is Cn1c(SC(C)(C)C(=O)O)nc2ccccc21. The van der Waals surface area contributed by atoms with Crippen LogP contribution in [0.5, 0.6) is 0 Å². The first-order valence-corrected chi connectivity index (χ1v) is 6.07. The Hall–Kier alpha value is -1.49. The molecule has 2 rings (SSSR count). The molecule has 4 nitrogen and oxygen atoms in total. The number of para-hydroxylation sites is 2. The number of aliphatic carboxylic acids is 1. The molecule has 0 spiro atoms. The molecule has 0 aliphatic carbocycles. The molecule has 90 valence electrons. The molecule has 0 atom stereocenters. The number of imidazole rings is 1. The maximum absolute atomic E-state index is 11.1. The fourth-order valence-corrected chi connectivity index (χ4v) is 2.41. The number of hydrogen-bond acceptors (Lipinski definition) is 3. The molecule has 2 aromatic rings. The monoisotopic (exact) mass is 250 g/mol. The lowest BCUT2D eigenvalue weighted by atomic mass is 10.2. The van der Waals surface area contributed by atoms with Gasteiger partial charge in [-0.25, -0.2) is 4.98 Å². The summed E-state index contributed by atoms with van der Waals surface area (Å²) in [5, 5.41) is 9.83. The highest BCUT2D eigenvalue weighted by Crippen LogP contribution is 2.33. The van der Waals surface area contributed by atoms with Gasteiger partial charge in [-0.1, -0.05) is 23.9 Å². The average molecular weight is 250 g/mol. The van der Waals surface area contributed by atoms with Gasteiger partial charge >= 0.3 is 5.97 Å². The van der Waals surface area contributed by atoms with Gasteiger partial charge in [0.15, 0.2) is 5.16 Å². The maximum Gasteiger partial charge on any atom is 0.319 e. The summed E-state index contributed by atoms with van der Waals surface area (Å²) in [5.74, 6) is -0.838. The van der Waals surface area contributed by atoms with Crippen LogP contribution < -0.4 is 0 Å². The normalized spacial score (nSPS) is 11.9. The lowest BCUT2D eigenvalue weighted by Gasteiger charge is -2.17.